The molecule has 1 aliphatic heterocycles. The van der Waals surface area contributed by atoms with Crippen molar-refractivity contribution >= 4 is 33.3 Å². The fourth-order valence-corrected chi connectivity index (χ4v) is 1.89. The molecule has 0 bridgehead atoms. The van der Waals surface area contributed by atoms with Gasteiger partial charge in [0, 0.05) is 4.47 Å². The van der Waals surface area contributed by atoms with Gasteiger partial charge in [0.15, 0.2) is 18.1 Å². The van der Waals surface area contributed by atoms with Crippen LogP contribution in [0.4, 0.5) is 5.69 Å². The topological polar surface area (TPSA) is 55.4 Å². The zero-order valence-electron chi connectivity index (χ0n) is 7.96. The van der Waals surface area contributed by atoms with E-state index < -0.39 is 0 Å². The summed E-state index contributed by atoms with van der Waals surface area (Å²) < 4.78 is 5.96. The Kier molecular flexibility index (Phi) is 2.48. The molecule has 0 spiro atoms. The maximum Gasteiger partial charge on any atom is 0.262 e. The summed E-state index contributed by atoms with van der Waals surface area (Å²) in [6, 6.07) is 3.39. The summed E-state index contributed by atoms with van der Waals surface area (Å²) in [5.41, 5.74) is 1.00. The van der Waals surface area contributed by atoms with Crippen molar-refractivity contribution in [2.45, 2.75) is 6.92 Å². The molecule has 4 nitrogen and oxygen atoms in total. The van der Waals surface area contributed by atoms with E-state index in [0.717, 1.165) is 4.47 Å². The maximum absolute atomic E-state index is 11.3. The molecule has 2 rings (SSSR count). The zero-order chi connectivity index (χ0) is 11.0. The van der Waals surface area contributed by atoms with Gasteiger partial charge in [-0.05, 0) is 19.1 Å². The van der Waals surface area contributed by atoms with Crippen molar-refractivity contribution in [3.63, 3.8) is 0 Å². The van der Waals surface area contributed by atoms with E-state index in [1.807, 2.05) is 0 Å². The maximum atomic E-state index is 11.3. The molecule has 0 saturated heterocycles. The number of ketones is 1. The number of carbonyl (C=O) groups is 2. The van der Waals surface area contributed by atoms with E-state index in [-0.39, 0.29) is 18.3 Å². The number of hydrogen-bond acceptors (Lipinski definition) is 3. The lowest BCUT2D eigenvalue weighted by molar-refractivity contribution is -0.118. The number of anilines is 1. The van der Waals surface area contributed by atoms with Crippen molar-refractivity contribution in [1.29, 1.82) is 0 Å². The van der Waals surface area contributed by atoms with Gasteiger partial charge in [0.2, 0.25) is 0 Å². The van der Waals surface area contributed by atoms with Crippen LogP contribution in [0.1, 0.15) is 17.3 Å². The SMILES string of the molecule is CC(=O)c1cc(Br)cc2c1OCC(=O)N2. The van der Waals surface area contributed by atoms with E-state index in [0.29, 0.717) is 17.0 Å². The molecule has 1 N–H and O–H groups in total. The Hall–Kier alpha value is -1.36. The van der Waals surface area contributed by atoms with Gasteiger partial charge >= 0.3 is 0 Å². The average Bonchev–Trinajstić information content (AvgIpc) is 2.15. The Morgan fingerprint density at radius 1 is 1.53 bits per heavy atom. The molecule has 0 aromatic heterocycles. The lowest BCUT2D eigenvalue weighted by atomic mass is 10.1. The van der Waals surface area contributed by atoms with Crippen LogP contribution in [0.2, 0.25) is 0 Å². The highest BCUT2D eigenvalue weighted by molar-refractivity contribution is 9.10. The average molecular weight is 270 g/mol. The first kappa shape index (κ1) is 10.2. The first-order chi connectivity index (χ1) is 7.08. The number of rotatable bonds is 1. The minimum absolute atomic E-state index is 0.0467. The largest absolute Gasteiger partial charge is 0.481 e. The van der Waals surface area contributed by atoms with Crippen LogP contribution in [0, 0.1) is 0 Å². The zero-order valence-corrected chi connectivity index (χ0v) is 9.55. The molecule has 15 heavy (non-hydrogen) atoms. The summed E-state index contributed by atoms with van der Waals surface area (Å²) in [7, 11) is 0. The standard InChI is InChI=1S/C10H8BrNO3/c1-5(13)7-2-6(11)3-8-10(7)15-4-9(14)12-8/h2-3H,4H2,1H3,(H,12,14). The number of halogens is 1. The predicted molar refractivity (Wildman–Crippen MR) is 58.3 cm³/mol. The first-order valence-electron chi connectivity index (χ1n) is 4.35. The molecular formula is C10H8BrNO3. The highest BCUT2D eigenvalue weighted by Crippen LogP contribution is 2.35. The summed E-state index contributed by atoms with van der Waals surface area (Å²) in [5, 5.41) is 2.65. The number of nitrogens with one attached hydrogen (secondary N) is 1. The Morgan fingerprint density at radius 2 is 2.27 bits per heavy atom. The van der Waals surface area contributed by atoms with Crippen LogP contribution < -0.4 is 10.1 Å². The molecule has 1 amide bonds. The van der Waals surface area contributed by atoms with Gasteiger partial charge in [-0.15, -0.1) is 0 Å². The van der Waals surface area contributed by atoms with Crippen molar-refractivity contribution in [2.24, 2.45) is 0 Å². The summed E-state index contributed by atoms with van der Waals surface area (Å²) in [5.74, 6) is 0.143. The van der Waals surface area contributed by atoms with Gasteiger partial charge in [0.25, 0.3) is 5.91 Å². The Balaban J connectivity index is 2.58. The van der Waals surface area contributed by atoms with Crippen LogP contribution in [0.3, 0.4) is 0 Å². The van der Waals surface area contributed by atoms with Crippen LogP contribution in [0.5, 0.6) is 5.75 Å². The summed E-state index contributed by atoms with van der Waals surface area (Å²) in [6.45, 7) is 1.41. The number of fused-ring (bicyclic) bond motifs is 1. The molecule has 0 fully saturated rings. The number of Topliss-reactive ketones (excluding diaryl/α,β-unsaturated/α-hetero) is 1. The summed E-state index contributed by atoms with van der Waals surface area (Å²) >= 11 is 3.27. The molecule has 0 unspecified atom stereocenters. The molecule has 1 aliphatic rings. The third-order valence-corrected chi connectivity index (χ3v) is 2.51. The van der Waals surface area contributed by atoms with E-state index in [1.165, 1.54) is 6.92 Å². The predicted octanol–water partition coefficient (Wildman–Crippen LogP) is 1.98. The number of ether oxygens (including phenoxy) is 1. The van der Waals surface area contributed by atoms with E-state index >= 15 is 0 Å². The minimum atomic E-state index is -0.213. The Bertz CT molecular complexity index is 456. The van der Waals surface area contributed by atoms with Gasteiger partial charge in [0.1, 0.15) is 0 Å². The number of amides is 1. The van der Waals surface area contributed by atoms with Gasteiger partial charge in [-0.25, -0.2) is 0 Å². The molecule has 0 saturated carbocycles. The fraction of sp³-hybridized carbons (Fsp3) is 0.200. The summed E-state index contributed by atoms with van der Waals surface area (Å²) in [4.78, 5) is 22.4. The molecule has 0 radical (unpaired) electrons. The lowest BCUT2D eigenvalue weighted by Crippen LogP contribution is -2.26. The lowest BCUT2D eigenvalue weighted by Gasteiger charge is -2.20. The highest BCUT2D eigenvalue weighted by atomic mass is 79.9. The van der Waals surface area contributed by atoms with Crippen LogP contribution >= 0.6 is 15.9 Å². The number of hydrogen-bond donors (Lipinski definition) is 1. The second kappa shape index (κ2) is 3.66. The van der Waals surface area contributed by atoms with Crippen LogP contribution in [0.15, 0.2) is 16.6 Å². The van der Waals surface area contributed by atoms with Gasteiger partial charge in [-0.2, -0.15) is 0 Å². The van der Waals surface area contributed by atoms with Crippen molar-refractivity contribution in [1.82, 2.24) is 0 Å². The van der Waals surface area contributed by atoms with E-state index in [9.17, 15) is 9.59 Å². The summed E-state index contributed by atoms with van der Waals surface area (Å²) in [6.07, 6.45) is 0. The van der Waals surface area contributed by atoms with E-state index in [4.69, 9.17) is 4.74 Å². The second-order valence-electron chi connectivity index (χ2n) is 3.22. The molecule has 0 aliphatic carbocycles. The van der Waals surface area contributed by atoms with Crippen LogP contribution in [-0.4, -0.2) is 18.3 Å². The van der Waals surface area contributed by atoms with Crippen molar-refractivity contribution in [3.8, 4) is 5.75 Å². The minimum Gasteiger partial charge on any atom is -0.481 e. The molecule has 1 aromatic carbocycles. The third-order valence-electron chi connectivity index (χ3n) is 2.05. The molecule has 78 valence electrons. The normalized spacial score (nSPS) is 13.9. The van der Waals surface area contributed by atoms with Crippen molar-refractivity contribution in [2.75, 3.05) is 11.9 Å². The van der Waals surface area contributed by atoms with Crippen LogP contribution in [-0.2, 0) is 4.79 Å². The highest BCUT2D eigenvalue weighted by Gasteiger charge is 2.21. The van der Waals surface area contributed by atoms with E-state index in [1.54, 1.807) is 12.1 Å². The third kappa shape index (κ3) is 1.87. The van der Waals surface area contributed by atoms with Crippen LogP contribution in [0.25, 0.3) is 0 Å². The first-order valence-corrected chi connectivity index (χ1v) is 5.14. The molecule has 1 aromatic rings. The van der Waals surface area contributed by atoms with Gasteiger partial charge in [-0.1, -0.05) is 15.9 Å². The van der Waals surface area contributed by atoms with Gasteiger partial charge in [-0.3, -0.25) is 9.59 Å². The van der Waals surface area contributed by atoms with Gasteiger partial charge in [0.05, 0.1) is 11.3 Å². The molecule has 5 heteroatoms. The number of benzene rings is 1. The smallest absolute Gasteiger partial charge is 0.262 e. The van der Waals surface area contributed by atoms with Gasteiger partial charge < -0.3 is 10.1 Å². The fourth-order valence-electron chi connectivity index (χ4n) is 1.43. The molecule has 1 heterocycles. The second-order valence-corrected chi connectivity index (χ2v) is 4.14. The Labute approximate surface area is 94.7 Å². The monoisotopic (exact) mass is 269 g/mol. The number of carbonyl (C=O) groups excluding carboxylic acids is 2. The molecule has 0 atom stereocenters. The molecular weight excluding hydrogens is 262 g/mol. The van der Waals surface area contributed by atoms with Crippen molar-refractivity contribution in [3.05, 3.63) is 22.2 Å². The van der Waals surface area contributed by atoms with Crippen molar-refractivity contribution < 1.29 is 14.3 Å². The van der Waals surface area contributed by atoms with E-state index in [2.05, 4.69) is 21.2 Å². The Morgan fingerprint density at radius 3 is 2.93 bits per heavy atom. The quantitative estimate of drug-likeness (QED) is 0.794.